The molecule has 2 saturated carbocycles. The monoisotopic (exact) mass is 248 g/mol. The van der Waals surface area contributed by atoms with Crippen molar-refractivity contribution in [2.45, 2.75) is 31.7 Å². The van der Waals surface area contributed by atoms with Gasteiger partial charge in [0, 0.05) is 11.6 Å². The molecule has 3 rings (SSSR count). The maximum Gasteiger partial charge on any atom is 0.251 e. The van der Waals surface area contributed by atoms with Gasteiger partial charge < -0.3 is 11.1 Å². The van der Waals surface area contributed by atoms with Crippen molar-refractivity contribution in [3.05, 3.63) is 29.6 Å². The minimum atomic E-state index is -0.531. The highest BCUT2D eigenvalue weighted by molar-refractivity contribution is 5.94. The number of nitrogens with one attached hydrogen (secondary N) is 1. The highest BCUT2D eigenvalue weighted by Crippen LogP contribution is 2.44. The second-order valence-electron chi connectivity index (χ2n) is 5.41. The molecule has 0 aliphatic heterocycles. The van der Waals surface area contributed by atoms with Crippen LogP contribution in [0.15, 0.2) is 18.2 Å². The first-order valence-corrected chi connectivity index (χ1v) is 6.51. The summed E-state index contributed by atoms with van der Waals surface area (Å²) < 4.78 is 13.3. The summed E-state index contributed by atoms with van der Waals surface area (Å²) >= 11 is 0. The summed E-state index contributed by atoms with van der Waals surface area (Å²) in [5, 5.41) is 3.06. The lowest BCUT2D eigenvalue weighted by molar-refractivity contribution is 0.0926. The minimum absolute atomic E-state index is 0.0764. The third kappa shape index (κ3) is 2.33. The summed E-state index contributed by atoms with van der Waals surface area (Å²) in [7, 11) is 0. The molecule has 4 heteroatoms. The number of hydrogen-bond donors (Lipinski definition) is 2. The fourth-order valence-corrected chi connectivity index (χ4v) is 2.43. The molecule has 2 aliphatic rings. The van der Waals surface area contributed by atoms with Crippen LogP contribution in [-0.2, 0) is 0 Å². The van der Waals surface area contributed by atoms with Crippen LogP contribution in [0.2, 0.25) is 0 Å². The van der Waals surface area contributed by atoms with Crippen LogP contribution < -0.4 is 11.1 Å². The molecule has 1 aromatic carbocycles. The smallest absolute Gasteiger partial charge is 0.251 e. The van der Waals surface area contributed by atoms with Crippen LogP contribution >= 0.6 is 0 Å². The highest BCUT2D eigenvalue weighted by Gasteiger charge is 2.42. The van der Waals surface area contributed by atoms with Crippen LogP contribution in [0, 0.1) is 17.7 Å². The Morgan fingerprint density at radius 3 is 2.39 bits per heavy atom. The van der Waals surface area contributed by atoms with Crippen molar-refractivity contribution in [3.8, 4) is 0 Å². The van der Waals surface area contributed by atoms with Gasteiger partial charge in [-0.15, -0.1) is 0 Å². The Hall–Kier alpha value is -1.58. The molecule has 0 saturated heterocycles. The number of hydrogen-bond acceptors (Lipinski definition) is 2. The second-order valence-corrected chi connectivity index (χ2v) is 5.41. The van der Waals surface area contributed by atoms with Gasteiger partial charge in [0.25, 0.3) is 5.91 Å². The third-order valence-electron chi connectivity index (χ3n) is 3.82. The zero-order valence-electron chi connectivity index (χ0n) is 10.2. The van der Waals surface area contributed by atoms with Crippen molar-refractivity contribution in [1.82, 2.24) is 5.32 Å². The number of carbonyl (C=O) groups excluding carboxylic acids is 1. The number of rotatable bonds is 4. The van der Waals surface area contributed by atoms with E-state index in [-0.39, 0.29) is 17.6 Å². The van der Waals surface area contributed by atoms with Gasteiger partial charge in [0.1, 0.15) is 5.82 Å². The fourth-order valence-electron chi connectivity index (χ4n) is 2.43. The molecular weight excluding hydrogens is 231 g/mol. The van der Waals surface area contributed by atoms with Gasteiger partial charge in [0.15, 0.2) is 0 Å². The Balaban J connectivity index is 1.71. The van der Waals surface area contributed by atoms with Gasteiger partial charge in [-0.05, 0) is 55.7 Å². The summed E-state index contributed by atoms with van der Waals surface area (Å²) in [5.74, 6) is 0.565. The molecule has 1 aromatic rings. The molecule has 0 bridgehead atoms. The summed E-state index contributed by atoms with van der Waals surface area (Å²) in [4.78, 5) is 12.1. The first-order chi connectivity index (χ1) is 8.65. The van der Waals surface area contributed by atoms with Gasteiger partial charge in [-0.3, -0.25) is 4.79 Å². The zero-order chi connectivity index (χ0) is 12.7. The quantitative estimate of drug-likeness (QED) is 0.803. The van der Waals surface area contributed by atoms with E-state index in [9.17, 15) is 9.18 Å². The first kappa shape index (κ1) is 11.5. The maximum atomic E-state index is 13.3. The van der Waals surface area contributed by atoms with E-state index in [1.54, 1.807) is 6.07 Å². The lowest BCUT2D eigenvalue weighted by Crippen LogP contribution is -2.38. The number of carbonyl (C=O) groups is 1. The molecule has 2 aliphatic carbocycles. The molecule has 0 aromatic heterocycles. The van der Waals surface area contributed by atoms with E-state index in [0.29, 0.717) is 17.4 Å². The van der Waals surface area contributed by atoms with Gasteiger partial charge in [-0.2, -0.15) is 0 Å². The zero-order valence-corrected chi connectivity index (χ0v) is 10.2. The number of benzene rings is 1. The lowest BCUT2D eigenvalue weighted by Gasteiger charge is -2.17. The Bertz CT molecular complexity index is 469. The van der Waals surface area contributed by atoms with Crippen molar-refractivity contribution in [2.24, 2.45) is 11.8 Å². The van der Waals surface area contributed by atoms with Gasteiger partial charge >= 0.3 is 0 Å². The summed E-state index contributed by atoms with van der Waals surface area (Å²) in [6.07, 6.45) is 4.82. The summed E-state index contributed by atoms with van der Waals surface area (Å²) in [5.41, 5.74) is 5.83. The topological polar surface area (TPSA) is 55.1 Å². The summed E-state index contributed by atoms with van der Waals surface area (Å²) in [6, 6.07) is 4.51. The van der Waals surface area contributed by atoms with Crippen LogP contribution in [0.4, 0.5) is 10.1 Å². The highest BCUT2D eigenvalue weighted by atomic mass is 19.1. The van der Waals surface area contributed by atoms with Gasteiger partial charge in [-0.1, -0.05) is 0 Å². The van der Waals surface area contributed by atoms with Crippen molar-refractivity contribution >= 4 is 11.6 Å². The number of nitrogens with two attached hydrogens (primary N) is 1. The molecule has 1 amide bonds. The van der Waals surface area contributed by atoms with Crippen LogP contribution in [-0.4, -0.2) is 11.9 Å². The van der Waals surface area contributed by atoms with E-state index >= 15 is 0 Å². The molecule has 3 N–H and O–H groups in total. The lowest BCUT2D eigenvalue weighted by atomic mass is 10.1. The van der Waals surface area contributed by atoms with Gasteiger partial charge in [0.05, 0.1) is 5.69 Å². The fraction of sp³-hybridized carbons (Fsp3) is 0.500. The van der Waals surface area contributed by atoms with Crippen LogP contribution in [0.3, 0.4) is 0 Å². The molecule has 18 heavy (non-hydrogen) atoms. The number of anilines is 1. The predicted molar refractivity (Wildman–Crippen MR) is 67.5 cm³/mol. The van der Waals surface area contributed by atoms with E-state index < -0.39 is 5.82 Å². The third-order valence-corrected chi connectivity index (χ3v) is 3.82. The molecule has 2 fully saturated rings. The molecular formula is C14H17FN2O. The largest absolute Gasteiger partial charge is 0.396 e. The molecule has 96 valence electrons. The Morgan fingerprint density at radius 2 is 1.89 bits per heavy atom. The number of halogens is 1. The number of nitrogen functional groups attached to an aromatic ring is 1. The molecule has 0 heterocycles. The normalized spacial score (nSPS) is 19.0. The van der Waals surface area contributed by atoms with Crippen molar-refractivity contribution in [1.29, 1.82) is 0 Å². The van der Waals surface area contributed by atoms with E-state index in [1.165, 1.54) is 37.8 Å². The molecule has 0 atom stereocenters. The van der Waals surface area contributed by atoms with Crippen molar-refractivity contribution in [3.63, 3.8) is 0 Å². The minimum Gasteiger partial charge on any atom is -0.396 e. The molecule has 3 nitrogen and oxygen atoms in total. The molecule has 0 radical (unpaired) electrons. The number of amides is 1. The molecule has 0 unspecified atom stereocenters. The Labute approximate surface area is 106 Å². The standard InChI is InChI=1S/C14H17FN2O/c15-11-7-10(5-6-12(11)16)14(18)17-13(8-1-2-8)9-3-4-9/h5-9,13H,1-4,16H2,(H,17,18). The molecule has 0 spiro atoms. The summed E-state index contributed by atoms with van der Waals surface area (Å²) in [6.45, 7) is 0. The average molecular weight is 248 g/mol. The van der Waals surface area contributed by atoms with E-state index in [1.807, 2.05) is 0 Å². The van der Waals surface area contributed by atoms with Gasteiger partial charge in [-0.25, -0.2) is 4.39 Å². The van der Waals surface area contributed by atoms with Crippen LogP contribution in [0.25, 0.3) is 0 Å². The maximum absolute atomic E-state index is 13.3. The first-order valence-electron chi connectivity index (χ1n) is 6.51. The second kappa shape index (κ2) is 4.26. The Kier molecular flexibility index (Phi) is 2.73. The predicted octanol–water partition coefficient (Wildman–Crippen LogP) is 2.33. The van der Waals surface area contributed by atoms with E-state index in [0.717, 1.165) is 0 Å². The van der Waals surface area contributed by atoms with Gasteiger partial charge in [0.2, 0.25) is 0 Å². The SMILES string of the molecule is Nc1ccc(C(=O)NC(C2CC2)C2CC2)cc1F. The average Bonchev–Trinajstić information content (AvgIpc) is 3.22. The Morgan fingerprint density at radius 1 is 1.28 bits per heavy atom. The van der Waals surface area contributed by atoms with Crippen molar-refractivity contribution < 1.29 is 9.18 Å². The van der Waals surface area contributed by atoms with E-state index in [4.69, 9.17) is 5.73 Å². The van der Waals surface area contributed by atoms with E-state index in [2.05, 4.69) is 5.32 Å². The van der Waals surface area contributed by atoms with Crippen molar-refractivity contribution in [2.75, 3.05) is 5.73 Å². The van der Waals surface area contributed by atoms with Crippen LogP contribution in [0.5, 0.6) is 0 Å². The van der Waals surface area contributed by atoms with Crippen LogP contribution in [0.1, 0.15) is 36.0 Å².